The third kappa shape index (κ3) is 2.95. The monoisotopic (exact) mass is 381 g/mol. The van der Waals surface area contributed by atoms with Crippen LogP contribution in [0.5, 0.6) is 0 Å². The summed E-state index contributed by atoms with van der Waals surface area (Å²) in [6, 6.07) is 15.0. The predicted molar refractivity (Wildman–Crippen MR) is 115 cm³/mol. The summed E-state index contributed by atoms with van der Waals surface area (Å²) >= 11 is 0. The van der Waals surface area contributed by atoms with E-state index in [0.717, 1.165) is 10.4 Å². The molecule has 3 nitrogen and oxygen atoms in total. The second kappa shape index (κ2) is 6.25. The van der Waals surface area contributed by atoms with Gasteiger partial charge in [0.1, 0.15) is 4.67 Å². The van der Waals surface area contributed by atoms with Crippen LogP contribution in [0.3, 0.4) is 0 Å². The molecule has 0 atom stereocenters. The van der Waals surface area contributed by atoms with Crippen LogP contribution in [-0.4, -0.2) is 14.1 Å². The zero-order valence-electron chi connectivity index (χ0n) is 15.8. The molecule has 2 aromatic carbocycles. The number of rotatable bonds is 2. The van der Waals surface area contributed by atoms with Gasteiger partial charge in [-0.05, 0) is 57.2 Å². The Labute approximate surface area is 162 Å². The lowest BCUT2D eigenvalue weighted by Gasteiger charge is -2.33. The van der Waals surface area contributed by atoms with Crippen LogP contribution in [0.25, 0.3) is 11.1 Å². The predicted octanol–water partition coefficient (Wildman–Crippen LogP) is 5.74. The van der Waals surface area contributed by atoms with E-state index in [1.807, 2.05) is 10.3 Å². The summed E-state index contributed by atoms with van der Waals surface area (Å²) < 4.78 is 1.10. The first-order chi connectivity index (χ1) is 12.3. The first-order valence-electron chi connectivity index (χ1n) is 8.70. The zero-order valence-corrected chi connectivity index (χ0v) is 17.4. The van der Waals surface area contributed by atoms with Crippen molar-refractivity contribution in [3.63, 3.8) is 0 Å². The molecule has 5 heteroatoms. The summed E-state index contributed by atoms with van der Waals surface area (Å²) in [5, 5.41) is 3.69. The molecule has 1 aliphatic rings. The Hall–Kier alpha value is -2.11. The molecule has 0 fully saturated rings. The van der Waals surface area contributed by atoms with Crippen LogP contribution < -0.4 is 14.9 Å². The Morgan fingerprint density at radius 1 is 1.00 bits per heavy atom. The molecule has 0 bridgehead atoms. The highest BCUT2D eigenvalue weighted by Crippen LogP contribution is 2.45. The molecule has 2 heterocycles. The fraction of sp³-hybridized carbons (Fsp3) is 0.286. The summed E-state index contributed by atoms with van der Waals surface area (Å²) in [6.07, 6.45) is 0. The van der Waals surface area contributed by atoms with E-state index in [4.69, 9.17) is 4.99 Å². The van der Waals surface area contributed by atoms with Gasteiger partial charge in [-0.2, -0.15) is 0 Å². The Morgan fingerprint density at radius 2 is 1.73 bits per heavy atom. The molecular formula is C21H23N3S2. The van der Waals surface area contributed by atoms with E-state index < -0.39 is 0 Å². The van der Waals surface area contributed by atoms with Gasteiger partial charge in [-0.1, -0.05) is 32.3 Å². The van der Waals surface area contributed by atoms with Gasteiger partial charge in [-0.15, -0.1) is 0 Å². The van der Waals surface area contributed by atoms with Crippen molar-refractivity contribution in [2.24, 2.45) is 4.99 Å². The largest absolute Gasteiger partial charge is 0.378 e. The van der Waals surface area contributed by atoms with E-state index in [1.165, 1.54) is 32.9 Å². The molecule has 1 aliphatic heterocycles. The molecule has 26 heavy (non-hydrogen) atoms. The topological polar surface area (TPSA) is 27.6 Å². The average molecular weight is 382 g/mol. The lowest BCUT2D eigenvalue weighted by atomic mass is 9.89. The highest BCUT2D eigenvalue weighted by Gasteiger charge is 2.33. The third-order valence-electron chi connectivity index (χ3n) is 4.70. The SMILES string of the molecule is Cc1ccc2c(c1)-c1c(ssc1=Nc1ccc(N(C)C)cc1)C(C)(C)N2. The summed E-state index contributed by atoms with van der Waals surface area (Å²) in [5.74, 6) is 0. The number of hydrogen-bond donors (Lipinski definition) is 1. The molecule has 134 valence electrons. The van der Waals surface area contributed by atoms with E-state index in [2.05, 4.69) is 87.5 Å². The summed E-state index contributed by atoms with van der Waals surface area (Å²) in [4.78, 5) is 8.46. The second-order valence-electron chi connectivity index (χ2n) is 7.50. The van der Waals surface area contributed by atoms with Crippen molar-refractivity contribution in [1.29, 1.82) is 0 Å². The molecule has 1 N–H and O–H groups in total. The normalized spacial score (nSPS) is 15.2. The summed E-state index contributed by atoms with van der Waals surface area (Å²) in [7, 11) is 7.71. The number of nitrogens with one attached hydrogen (secondary N) is 1. The minimum Gasteiger partial charge on any atom is -0.378 e. The Balaban J connectivity index is 1.89. The van der Waals surface area contributed by atoms with E-state index in [9.17, 15) is 0 Å². The average Bonchev–Trinajstić information content (AvgIpc) is 3.01. The van der Waals surface area contributed by atoms with Crippen LogP contribution in [0.2, 0.25) is 0 Å². The molecule has 3 aromatic rings. The highest BCUT2D eigenvalue weighted by molar-refractivity contribution is 7.68. The number of hydrogen-bond acceptors (Lipinski definition) is 5. The summed E-state index contributed by atoms with van der Waals surface area (Å²) in [6.45, 7) is 6.63. The van der Waals surface area contributed by atoms with E-state index in [-0.39, 0.29) is 5.54 Å². The molecule has 0 saturated carbocycles. The highest BCUT2D eigenvalue weighted by atomic mass is 32.9. The number of fused-ring (bicyclic) bond motifs is 3. The van der Waals surface area contributed by atoms with Crippen LogP contribution in [0.15, 0.2) is 47.5 Å². The van der Waals surface area contributed by atoms with E-state index in [1.54, 1.807) is 10.3 Å². The van der Waals surface area contributed by atoms with Crippen LogP contribution in [0.1, 0.15) is 24.3 Å². The zero-order chi connectivity index (χ0) is 18.5. The molecule has 0 spiro atoms. The smallest absolute Gasteiger partial charge is 0.135 e. The van der Waals surface area contributed by atoms with Gasteiger partial charge in [0.2, 0.25) is 0 Å². The standard InChI is InChI=1S/C21H23N3S2/c1-13-6-11-17-16(12-13)18-19(21(2,3)23-17)25-26-20(18)22-14-7-9-15(10-8-14)24(4)5/h6-12,23H,1-5H3. The van der Waals surface area contributed by atoms with Gasteiger partial charge in [-0.25, -0.2) is 4.99 Å². The molecule has 4 rings (SSSR count). The van der Waals surface area contributed by atoms with Crippen LogP contribution in [0, 0.1) is 6.92 Å². The van der Waals surface area contributed by atoms with Gasteiger partial charge in [0.05, 0.1) is 16.1 Å². The molecular weight excluding hydrogens is 358 g/mol. The van der Waals surface area contributed by atoms with Crippen LogP contribution >= 0.6 is 20.7 Å². The van der Waals surface area contributed by atoms with Crippen LogP contribution in [0.4, 0.5) is 17.1 Å². The van der Waals surface area contributed by atoms with Crippen molar-refractivity contribution >= 4 is 37.7 Å². The van der Waals surface area contributed by atoms with Crippen molar-refractivity contribution < 1.29 is 0 Å². The van der Waals surface area contributed by atoms with Crippen molar-refractivity contribution in [1.82, 2.24) is 0 Å². The first-order valence-corrected chi connectivity index (χ1v) is 10.8. The quantitative estimate of drug-likeness (QED) is 0.573. The van der Waals surface area contributed by atoms with Gasteiger partial charge >= 0.3 is 0 Å². The number of benzene rings is 2. The summed E-state index contributed by atoms with van der Waals surface area (Å²) in [5.41, 5.74) is 7.12. The van der Waals surface area contributed by atoms with Crippen molar-refractivity contribution in [2.75, 3.05) is 24.3 Å². The Kier molecular flexibility index (Phi) is 4.16. The maximum atomic E-state index is 4.99. The minimum absolute atomic E-state index is 0.0820. The molecule has 0 aliphatic carbocycles. The maximum absolute atomic E-state index is 4.99. The van der Waals surface area contributed by atoms with E-state index in [0.29, 0.717) is 0 Å². The number of nitrogens with zero attached hydrogens (tertiary/aromatic N) is 2. The molecule has 0 saturated heterocycles. The fourth-order valence-corrected chi connectivity index (χ4v) is 6.24. The molecule has 0 unspecified atom stereocenters. The van der Waals surface area contributed by atoms with Crippen molar-refractivity contribution in [2.45, 2.75) is 26.3 Å². The lowest BCUT2D eigenvalue weighted by Crippen LogP contribution is -2.31. The van der Waals surface area contributed by atoms with Gasteiger partial charge in [0.25, 0.3) is 0 Å². The number of anilines is 2. The van der Waals surface area contributed by atoms with Crippen molar-refractivity contribution in [3.05, 3.63) is 57.6 Å². The van der Waals surface area contributed by atoms with Crippen LogP contribution in [-0.2, 0) is 5.54 Å². The maximum Gasteiger partial charge on any atom is 0.135 e. The molecule has 1 aromatic heterocycles. The molecule has 0 radical (unpaired) electrons. The number of aryl methyl sites for hydroxylation is 1. The molecule has 0 amide bonds. The Bertz CT molecular complexity index is 1020. The fourth-order valence-electron chi connectivity index (χ4n) is 3.30. The van der Waals surface area contributed by atoms with E-state index >= 15 is 0 Å². The first kappa shape index (κ1) is 17.3. The lowest BCUT2D eigenvalue weighted by molar-refractivity contribution is 0.619. The van der Waals surface area contributed by atoms with Gasteiger partial charge < -0.3 is 10.2 Å². The Morgan fingerprint density at radius 3 is 2.42 bits per heavy atom. The third-order valence-corrected chi connectivity index (χ3v) is 7.34. The minimum atomic E-state index is -0.0820. The van der Waals surface area contributed by atoms with Gasteiger partial charge in [0.15, 0.2) is 0 Å². The van der Waals surface area contributed by atoms with Gasteiger partial charge in [-0.3, -0.25) is 0 Å². The van der Waals surface area contributed by atoms with Crippen molar-refractivity contribution in [3.8, 4) is 11.1 Å². The second-order valence-corrected chi connectivity index (χ2v) is 9.63. The van der Waals surface area contributed by atoms with Gasteiger partial charge in [0, 0.05) is 36.6 Å².